The number of carbonyl (C=O) groups excluding carboxylic acids is 2. The van der Waals surface area contributed by atoms with E-state index in [-0.39, 0.29) is 26.1 Å². The third kappa shape index (κ3) is 25.7. The van der Waals surface area contributed by atoms with Crippen molar-refractivity contribution in [3.63, 3.8) is 0 Å². The van der Waals surface area contributed by atoms with Crippen molar-refractivity contribution in [3.8, 4) is 0 Å². The van der Waals surface area contributed by atoms with Gasteiger partial charge in [-0.25, -0.2) is 0 Å². The number of carbonyl (C=O) groups is 2. The van der Waals surface area contributed by atoms with E-state index in [1.807, 2.05) is 12.2 Å². The number of rotatable bonds is 31. The number of aliphatic hydroxyl groups is 4. The molecule has 0 radical (unpaired) electrons. The highest BCUT2D eigenvalue weighted by Crippen LogP contribution is 2.22. The zero-order valence-electron chi connectivity index (χ0n) is 32.5. The number of ether oxygens (including phenoxy) is 4. The predicted molar refractivity (Wildman–Crippen MR) is 210 cm³/mol. The summed E-state index contributed by atoms with van der Waals surface area (Å²) in [4.78, 5) is 25.2. The second-order valence-electron chi connectivity index (χ2n) is 13.3. The van der Waals surface area contributed by atoms with Crippen molar-refractivity contribution in [3.05, 3.63) is 72.9 Å². The average Bonchev–Trinajstić information content (AvgIpc) is 3.15. The van der Waals surface area contributed by atoms with Crippen LogP contribution in [0.15, 0.2) is 72.9 Å². The fourth-order valence-corrected chi connectivity index (χ4v) is 5.41. The Bertz CT molecular complexity index is 1090. The van der Waals surface area contributed by atoms with Crippen molar-refractivity contribution in [2.45, 2.75) is 166 Å². The van der Waals surface area contributed by atoms with Gasteiger partial charge in [0, 0.05) is 12.8 Å². The minimum Gasteiger partial charge on any atom is -0.462 e. The minimum atomic E-state index is -1.61. The summed E-state index contributed by atoms with van der Waals surface area (Å²) in [6.45, 7) is 3.16. The summed E-state index contributed by atoms with van der Waals surface area (Å²) in [5.74, 6) is -0.927. The van der Waals surface area contributed by atoms with Crippen molar-refractivity contribution in [2.24, 2.45) is 0 Å². The van der Waals surface area contributed by atoms with Gasteiger partial charge in [0.15, 0.2) is 12.4 Å². The zero-order valence-corrected chi connectivity index (χ0v) is 32.5. The Kier molecular flexibility index (Phi) is 30.6. The largest absolute Gasteiger partial charge is 0.462 e. The molecule has 0 aromatic carbocycles. The fraction of sp³-hybridized carbons (Fsp3) is 0.674. The van der Waals surface area contributed by atoms with E-state index in [1.165, 1.54) is 19.3 Å². The first-order chi connectivity index (χ1) is 25.8. The minimum absolute atomic E-state index is 0.102. The van der Waals surface area contributed by atoms with Gasteiger partial charge in [-0.15, -0.1) is 0 Å². The normalized spacial score (nSPS) is 21.7. The third-order valence-corrected chi connectivity index (χ3v) is 8.59. The van der Waals surface area contributed by atoms with Gasteiger partial charge in [0.05, 0.1) is 13.2 Å². The SMILES string of the molecule is CC/C=C\C/C=C\C/C=C\C/C=C\CCC(=O)OC(COC(=O)CCCCCCC/C=C\C/C=C\CCCCC)COC1OC(CO)C(O)C(O)C1O. The van der Waals surface area contributed by atoms with Gasteiger partial charge in [-0.3, -0.25) is 9.59 Å². The number of aliphatic hydroxyl groups excluding tert-OH is 4. The van der Waals surface area contributed by atoms with Crippen molar-refractivity contribution in [2.75, 3.05) is 19.8 Å². The quantitative estimate of drug-likeness (QED) is 0.0316. The van der Waals surface area contributed by atoms with Gasteiger partial charge in [-0.2, -0.15) is 0 Å². The Morgan fingerprint density at radius 2 is 1.15 bits per heavy atom. The maximum atomic E-state index is 12.7. The zero-order chi connectivity index (χ0) is 38.8. The molecule has 1 heterocycles. The molecule has 10 heteroatoms. The summed E-state index contributed by atoms with van der Waals surface area (Å²) in [6, 6.07) is 0. The monoisotopic (exact) mass is 746 g/mol. The topological polar surface area (TPSA) is 152 Å². The summed E-state index contributed by atoms with van der Waals surface area (Å²) >= 11 is 0. The van der Waals surface area contributed by atoms with Crippen LogP contribution in [0.25, 0.3) is 0 Å². The molecular formula is C43H70O10. The van der Waals surface area contributed by atoms with E-state index < -0.39 is 55.4 Å². The Balaban J connectivity index is 2.45. The molecule has 0 saturated carbocycles. The molecule has 0 amide bonds. The van der Waals surface area contributed by atoms with E-state index in [9.17, 15) is 30.0 Å². The summed E-state index contributed by atoms with van der Waals surface area (Å²) < 4.78 is 22.0. The number of unbranched alkanes of at least 4 members (excludes halogenated alkanes) is 8. The average molecular weight is 747 g/mol. The van der Waals surface area contributed by atoms with Crippen LogP contribution in [0.3, 0.4) is 0 Å². The van der Waals surface area contributed by atoms with E-state index in [4.69, 9.17) is 18.9 Å². The van der Waals surface area contributed by atoms with Crippen LogP contribution in [-0.4, -0.2) is 89.0 Å². The molecule has 1 aliphatic heterocycles. The molecule has 4 N–H and O–H groups in total. The van der Waals surface area contributed by atoms with Crippen LogP contribution < -0.4 is 0 Å². The molecule has 302 valence electrons. The molecular weight excluding hydrogens is 676 g/mol. The highest BCUT2D eigenvalue weighted by atomic mass is 16.7. The lowest BCUT2D eigenvalue weighted by molar-refractivity contribution is -0.305. The third-order valence-electron chi connectivity index (χ3n) is 8.59. The van der Waals surface area contributed by atoms with Gasteiger partial charge in [0.1, 0.15) is 31.0 Å². The van der Waals surface area contributed by atoms with E-state index in [0.29, 0.717) is 12.8 Å². The molecule has 53 heavy (non-hydrogen) atoms. The number of esters is 2. The Labute approximate surface area is 319 Å². The Hall–Kier alpha value is -2.86. The molecule has 0 aromatic heterocycles. The Morgan fingerprint density at radius 1 is 0.604 bits per heavy atom. The van der Waals surface area contributed by atoms with Crippen molar-refractivity contribution in [1.82, 2.24) is 0 Å². The molecule has 0 aromatic rings. The van der Waals surface area contributed by atoms with Crippen LogP contribution in [0.2, 0.25) is 0 Å². The van der Waals surface area contributed by atoms with Crippen molar-refractivity contribution >= 4 is 11.9 Å². The summed E-state index contributed by atoms with van der Waals surface area (Å²) in [7, 11) is 0. The number of hydrogen-bond donors (Lipinski definition) is 4. The molecule has 6 unspecified atom stereocenters. The second kappa shape index (κ2) is 33.7. The molecule has 1 saturated heterocycles. The summed E-state index contributed by atoms with van der Waals surface area (Å²) in [6.07, 6.45) is 33.5. The van der Waals surface area contributed by atoms with E-state index >= 15 is 0 Å². The van der Waals surface area contributed by atoms with Gasteiger partial charge in [-0.05, 0) is 70.6 Å². The van der Waals surface area contributed by atoms with Crippen molar-refractivity contribution in [1.29, 1.82) is 0 Å². The molecule has 0 aliphatic carbocycles. The lowest BCUT2D eigenvalue weighted by Crippen LogP contribution is -2.59. The Morgan fingerprint density at radius 3 is 1.75 bits per heavy atom. The number of hydrogen-bond acceptors (Lipinski definition) is 10. The smallest absolute Gasteiger partial charge is 0.306 e. The molecule has 1 fully saturated rings. The molecule has 6 atom stereocenters. The van der Waals surface area contributed by atoms with Gasteiger partial charge >= 0.3 is 11.9 Å². The first kappa shape index (κ1) is 48.2. The molecule has 1 rings (SSSR count). The molecule has 10 nitrogen and oxygen atoms in total. The summed E-state index contributed by atoms with van der Waals surface area (Å²) in [5.41, 5.74) is 0. The van der Waals surface area contributed by atoms with Crippen LogP contribution >= 0.6 is 0 Å². The van der Waals surface area contributed by atoms with Crippen LogP contribution in [0.1, 0.15) is 129 Å². The highest BCUT2D eigenvalue weighted by molar-refractivity contribution is 5.70. The highest BCUT2D eigenvalue weighted by Gasteiger charge is 2.44. The van der Waals surface area contributed by atoms with E-state index in [1.54, 1.807) is 0 Å². The first-order valence-corrected chi connectivity index (χ1v) is 20.0. The first-order valence-electron chi connectivity index (χ1n) is 20.0. The summed E-state index contributed by atoms with van der Waals surface area (Å²) in [5, 5.41) is 39.9. The van der Waals surface area contributed by atoms with Gasteiger partial charge < -0.3 is 39.4 Å². The van der Waals surface area contributed by atoms with E-state index in [2.05, 4.69) is 74.6 Å². The van der Waals surface area contributed by atoms with Crippen LogP contribution in [-0.2, 0) is 28.5 Å². The predicted octanol–water partition coefficient (Wildman–Crippen LogP) is 7.66. The molecule has 0 bridgehead atoms. The maximum Gasteiger partial charge on any atom is 0.306 e. The lowest BCUT2D eigenvalue weighted by Gasteiger charge is -2.39. The van der Waals surface area contributed by atoms with Crippen LogP contribution in [0, 0.1) is 0 Å². The van der Waals surface area contributed by atoms with Gasteiger partial charge in [0.2, 0.25) is 0 Å². The molecule has 0 spiro atoms. The number of allylic oxidation sites excluding steroid dienone is 12. The standard InChI is InChI=1S/C43H70O10/c1-3-5-7-9-11-13-15-17-18-20-21-23-25-27-29-31-38(45)50-34-36(35-51-43-42(49)41(48)40(47)37(33-44)53-43)52-39(46)32-30-28-26-24-22-19-16-14-12-10-8-6-4-2/h6,8,11-14,17-19,22,26,28,36-37,40-44,47-49H,3-5,7,9-10,15-16,20-21,23-25,27,29-35H2,1-2H3/b8-6-,13-11-,14-12-,18-17-,22-19-,28-26-. The second-order valence-corrected chi connectivity index (χ2v) is 13.3. The van der Waals surface area contributed by atoms with Gasteiger partial charge in [0.25, 0.3) is 0 Å². The fourth-order valence-electron chi connectivity index (χ4n) is 5.41. The van der Waals surface area contributed by atoms with Gasteiger partial charge in [-0.1, -0.05) is 119 Å². The lowest BCUT2D eigenvalue weighted by atomic mass is 9.99. The van der Waals surface area contributed by atoms with Crippen LogP contribution in [0.5, 0.6) is 0 Å². The molecule has 1 aliphatic rings. The van der Waals surface area contributed by atoms with Crippen molar-refractivity contribution < 1.29 is 49.0 Å². The maximum absolute atomic E-state index is 12.7. The van der Waals surface area contributed by atoms with E-state index in [0.717, 1.165) is 70.6 Å². The van der Waals surface area contributed by atoms with Crippen LogP contribution in [0.4, 0.5) is 0 Å².